The fourth-order valence-electron chi connectivity index (χ4n) is 4.05. The summed E-state index contributed by atoms with van der Waals surface area (Å²) in [5, 5.41) is 4.45. The molecule has 0 bridgehead atoms. The maximum Gasteiger partial charge on any atom is 0.154 e. The second kappa shape index (κ2) is 13.4. The Hall–Kier alpha value is -2.18. The number of fused-ring (bicyclic) bond motifs is 3. The summed E-state index contributed by atoms with van der Waals surface area (Å²) in [5.74, 6) is 2.04. The molecule has 0 unspecified atom stereocenters. The number of nitrogens with one attached hydrogen (secondary N) is 1. The zero-order chi connectivity index (χ0) is 23.5. The van der Waals surface area contributed by atoms with Crippen LogP contribution in [0.3, 0.4) is 0 Å². The third-order valence-corrected chi connectivity index (χ3v) is 5.61. The first-order chi connectivity index (χ1) is 15.6. The Balaban J connectivity index is 0.00000176. The van der Waals surface area contributed by atoms with Crippen molar-refractivity contribution in [1.29, 1.82) is 0 Å². The first kappa shape index (κ1) is 26.1. The highest BCUT2D eigenvalue weighted by Crippen LogP contribution is 2.31. The summed E-state index contributed by atoms with van der Waals surface area (Å²) in [5.41, 5.74) is 4.34. The van der Waals surface area contributed by atoms with Crippen LogP contribution in [0.2, 0.25) is 0 Å². The van der Waals surface area contributed by atoms with E-state index in [4.69, 9.17) is 14.7 Å². The van der Waals surface area contributed by atoms with Crippen LogP contribution in [0.25, 0.3) is 21.9 Å². The van der Waals surface area contributed by atoms with Crippen molar-refractivity contribution in [3.8, 4) is 0 Å². The fourth-order valence-corrected chi connectivity index (χ4v) is 4.05. The Morgan fingerprint density at radius 1 is 1.06 bits per heavy atom. The molecule has 2 aromatic heterocycles. The van der Waals surface area contributed by atoms with Crippen LogP contribution in [0.15, 0.2) is 18.2 Å². The third kappa shape index (κ3) is 6.42. The Morgan fingerprint density at radius 2 is 1.84 bits per heavy atom. The number of aromatic nitrogens is 3. The summed E-state index contributed by atoms with van der Waals surface area (Å²) in [4.78, 5) is 12.2. The van der Waals surface area contributed by atoms with Crippen LogP contribution in [0.4, 0.5) is 5.82 Å². The van der Waals surface area contributed by atoms with Gasteiger partial charge in [-0.3, -0.25) is 0 Å². The summed E-state index contributed by atoms with van der Waals surface area (Å²) in [6.07, 6.45) is 6.96. The molecule has 0 spiro atoms. The number of rotatable bonds is 12. The predicted molar refractivity (Wildman–Crippen MR) is 138 cm³/mol. The van der Waals surface area contributed by atoms with Gasteiger partial charge in [-0.2, -0.15) is 0 Å². The van der Waals surface area contributed by atoms with E-state index in [0.29, 0.717) is 6.61 Å². The number of unbranched alkanes of at least 4 members (excludes halogenated alkanes) is 3. The molecule has 6 heteroatoms. The number of aryl methyl sites for hydroxylation is 2. The van der Waals surface area contributed by atoms with Crippen LogP contribution in [-0.4, -0.2) is 54.2 Å². The second-order valence-electron chi connectivity index (χ2n) is 8.34. The monoisotopic (exact) mass is 441 g/mol. The molecule has 6 nitrogen and oxygen atoms in total. The minimum atomic E-state index is 0.595. The highest BCUT2D eigenvalue weighted by Gasteiger charge is 2.18. The van der Waals surface area contributed by atoms with Gasteiger partial charge in [0.15, 0.2) is 5.82 Å². The number of anilines is 1. The van der Waals surface area contributed by atoms with Crippen molar-refractivity contribution in [1.82, 2.24) is 19.4 Å². The Bertz CT molecular complexity index is 964. The van der Waals surface area contributed by atoms with Gasteiger partial charge in [0.2, 0.25) is 0 Å². The number of imidazole rings is 1. The Morgan fingerprint density at radius 3 is 2.50 bits per heavy atom. The molecule has 0 fully saturated rings. The van der Waals surface area contributed by atoms with Gasteiger partial charge >= 0.3 is 0 Å². The number of hydrogen-bond donors (Lipinski definition) is 1. The van der Waals surface area contributed by atoms with E-state index in [9.17, 15) is 0 Å². The first-order valence-electron chi connectivity index (χ1n) is 12.2. The lowest BCUT2D eigenvalue weighted by Crippen LogP contribution is -2.13. The van der Waals surface area contributed by atoms with Crippen molar-refractivity contribution in [2.45, 2.75) is 72.4 Å². The third-order valence-electron chi connectivity index (χ3n) is 5.61. The molecule has 3 rings (SSSR count). The molecule has 1 N–H and O–H groups in total. The van der Waals surface area contributed by atoms with E-state index in [1.807, 2.05) is 20.9 Å². The number of hydrogen-bond acceptors (Lipinski definition) is 5. The Kier molecular flexibility index (Phi) is 10.9. The lowest BCUT2D eigenvalue weighted by Gasteiger charge is -2.13. The molecule has 0 radical (unpaired) electrons. The topological polar surface area (TPSA) is 55.2 Å². The molecule has 0 amide bonds. The van der Waals surface area contributed by atoms with Crippen molar-refractivity contribution in [3.63, 3.8) is 0 Å². The molecule has 0 atom stereocenters. The van der Waals surface area contributed by atoms with E-state index in [1.165, 1.54) is 42.4 Å². The number of methoxy groups -OCH3 is 1. The van der Waals surface area contributed by atoms with Crippen molar-refractivity contribution < 1.29 is 4.74 Å². The molecule has 2 heterocycles. The van der Waals surface area contributed by atoms with E-state index >= 15 is 0 Å². The number of pyridine rings is 1. The summed E-state index contributed by atoms with van der Waals surface area (Å²) in [6.45, 7) is 8.98. The quantitative estimate of drug-likeness (QED) is 0.356. The number of nitrogens with zero attached hydrogens (tertiary/aromatic N) is 4. The van der Waals surface area contributed by atoms with Crippen LogP contribution in [0.1, 0.15) is 64.3 Å². The van der Waals surface area contributed by atoms with Crippen molar-refractivity contribution in [3.05, 3.63) is 29.6 Å². The van der Waals surface area contributed by atoms with Crippen LogP contribution in [-0.2, 0) is 24.3 Å². The van der Waals surface area contributed by atoms with Gasteiger partial charge in [0.25, 0.3) is 0 Å². The van der Waals surface area contributed by atoms with E-state index in [1.54, 1.807) is 7.11 Å². The second-order valence-corrected chi connectivity index (χ2v) is 8.34. The van der Waals surface area contributed by atoms with Gasteiger partial charge in [-0.25, -0.2) is 9.97 Å². The minimum absolute atomic E-state index is 0.595. The maximum absolute atomic E-state index is 5.32. The zero-order valence-corrected chi connectivity index (χ0v) is 21.3. The van der Waals surface area contributed by atoms with Crippen LogP contribution in [0, 0.1) is 0 Å². The van der Waals surface area contributed by atoms with Gasteiger partial charge in [-0.15, -0.1) is 0 Å². The molecule has 0 saturated heterocycles. The fraction of sp³-hybridized carbons (Fsp3) is 0.615. The SMILES string of the molecule is CC.CCCCc1nc2c(NC)nc3cc(COC)ccc3c2n1CCCCCN(C)C. The van der Waals surface area contributed by atoms with Gasteiger partial charge in [0.05, 0.1) is 17.6 Å². The van der Waals surface area contributed by atoms with E-state index in [0.717, 1.165) is 48.3 Å². The Labute approximate surface area is 194 Å². The number of ether oxygens (including phenoxy) is 1. The minimum Gasteiger partial charge on any atom is -0.380 e. The van der Waals surface area contributed by atoms with Crippen molar-refractivity contribution >= 4 is 27.8 Å². The molecule has 3 aromatic rings. The molecular weight excluding hydrogens is 398 g/mol. The molecule has 1 aromatic carbocycles. The standard InChI is InChI=1S/C24H37N5O.C2H6/c1-6-7-11-21-27-22-23(29(21)15-10-8-9-14-28(3)4)19-13-12-18(17-30-5)16-20(19)26-24(22)25-2;1-2/h12-13,16H,6-11,14-15,17H2,1-5H3,(H,25,26);1-2H3. The summed E-state index contributed by atoms with van der Waals surface area (Å²) in [6, 6.07) is 6.47. The number of benzene rings is 1. The predicted octanol–water partition coefficient (Wildman–Crippen LogP) is 5.87. The van der Waals surface area contributed by atoms with E-state index in [2.05, 4.69) is 54.0 Å². The van der Waals surface area contributed by atoms with Gasteiger partial charge < -0.3 is 19.5 Å². The molecule has 178 valence electrons. The lowest BCUT2D eigenvalue weighted by molar-refractivity contribution is 0.185. The first-order valence-corrected chi connectivity index (χ1v) is 12.2. The summed E-state index contributed by atoms with van der Waals surface area (Å²) in [7, 11) is 7.94. The van der Waals surface area contributed by atoms with Crippen molar-refractivity contribution in [2.24, 2.45) is 0 Å². The van der Waals surface area contributed by atoms with Gasteiger partial charge in [0.1, 0.15) is 11.3 Å². The van der Waals surface area contributed by atoms with E-state index < -0.39 is 0 Å². The largest absolute Gasteiger partial charge is 0.380 e. The maximum atomic E-state index is 5.32. The molecule has 0 saturated carbocycles. The molecule has 32 heavy (non-hydrogen) atoms. The molecule has 0 aliphatic heterocycles. The average molecular weight is 442 g/mol. The smallest absolute Gasteiger partial charge is 0.154 e. The summed E-state index contributed by atoms with van der Waals surface area (Å²) >= 11 is 0. The lowest BCUT2D eigenvalue weighted by atomic mass is 10.1. The van der Waals surface area contributed by atoms with Gasteiger partial charge in [0, 0.05) is 32.5 Å². The highest BCUT2D eigenvalue weighted by molar-refractivity contribution is 6.07. The zero-order valence-electron chi connectivity index (χ0n) is 21.3. The van der Waals surface area contributed by atoms with E-state index in [-0.39, 0.29) is 0 Å². The van der Waals surface area contributed by atoms with Gasteiger partial charge in [-0.1, -0.05) is 45.7 Å². The normalized spacial score (nSPS) is 11.2. The molecule has 0 aliphatic carbocycles. The van der Waals surface area contributed by atoms with Gasteiger partial charge in [-0.05, 0) is 51.5 Å². The summed E-state index contributed by atoms with van der Waals surface area (Å²) < 4.78 is 7.78. The average Bonchev–Trinajstić information content (AvgIpc) is 3.16. The van der Waals surface area contributed by atoms with Crippen LogP contribution < -0.4 is 5.32 Å². The van der Waals surface area contributed by atoms with Crippen LogP contribution >= 0.6 is 0 Å². The highest BCUT2D eigenvalue weighted by atomic mass is 16.5. The van der Waals surface area contributed by atoms with Crippen molar-refractivity contribution in [2.75, 3.05) is 40.1 Å². The molecule has 0 aliphatic rings. The van der Waals surface area contributed by atoms with Crippen LogP contribution in [0.5, 0.6) is 0 Å². The molecular formula is C26H43N5O.